The zero-order valence-corrected chi connectivity index (χ0v) is 8.19. The maximum atomic E-state index is 11.2. The Kier molecular flexibility index (Phi) is 3.22. The van der Waals surface area contributed by atoms with E-state index < -0.39 is 0 Å². The van der Waals surface area contributed by atoms with Crippen molar-refractivity contribution in [2.24, 2.45) is 0 Å². The number of hydrogen-bond donors (Lipinski definition) is 2. The van der Waals surface area contributed by atoms with Crippen molar-refractivity contribution in [3.63, 3.8) is 0 Å². The van der Waals surface area contributed by atoms with E-state index in [9.17, 15) is 4.79 Å². The van der Waals surface area contributed by atoms with E-state index in [2.05, 4.69) is 15.3 Å². The molecule has 6 heteroatoms. The maximum Gasteiger partial charge on any atom is 0.241 e. The molecule has 6 nitrogen and oxygen atoms in total. The molecule has 0 aliphatic heterocycles. The smallest absolute Gasteiger partial charge is 0.241 e. The largest absolute Gasteiger partial charge is 0.394 e. The molecule has 1 amide bonds. The minimum atomic E-state index is -0.0389. The SMILES string of the molecule is CN(C)C(=O)CNc1ncncc1N. The first-order chi connectivity index (χ1) is 6.61. The molecule has 0 aliphatic carbocycles. The number of likely N-dealkylation sites (N-methyl/N-ethyl adjacent to an activating group) is 1. The highest BCUT2D eigenvalue weighted by molar-refractivity contribution is 5.80. The minimum absolute atomic E-state index is 0.0389. The van der Waals surface area contributed by atoms with E-state index in [-0.39, 0.29) is 12.5 Å². The summed E-state index contributed by atoms with van der Waals surface area (Å²) < 4.78 is 0. The highest BCUT2D eigenvalue weighted by Gasteiger charge is 2.05. The van der Waals surface area contributed by atoms with Crippen molar-refractivity contribution < 1.29 is 4.79 Å². The number of nitrogens with zero attached hydrogens (tertiary/aromatic N) is 3. The maximum absolute atomic E-state index is 11.2. The topological polar surface area (TPSA) is 84.1 Å². The van der Waals surface area contributed by atoms with Crippen LogP contribution in [0.4, 0.5) is 11.5 Å². The summed E-state index contributed by atoms with van der Waals surface area (Å²) in [4.78, 5) is 20.3. The van der Waals surface area contributed by atoms with Crippen LogP contribution in [-0.2, 0) is 4.79 Å². The third-order valence-electron chi connectivity index (χ3n) is 1.65. The predicted molar refractivity (Wildman–Crippen MR) is 53.6 cm³/mol. The Morgan fingerprint density at radius 1 is 1.64 bits per heavy atom. The normalized spacial score (nSPS) is 9.57. The average Bonchev–Trinajstić information content (AvgIpc) is 2.16. The number of rotatable bonds is 3. The Balaban J connectivity index is 2.54. The molecule has 14 heavy (non-hydrogen) atoms. The fraction of sp³-hybridized carbons (Fsp3) is 0.375. The fourth-order valence-electron chi connectivity index (χ4n) is 0.806. The lowest BCUT2D eigenvalue weighted by molar-refractivity contribution is -0.126. The van der Waals surface area contributed by atoms with Crippen LogP contribution in [0.2, 0.25) is 0 Å². The van der Waals surface area contributed by atoms with Crippen LogP contribution in [0.5, 0.6) is 0 Å². The van der Waals surface area contributed by atoms with Gasteiger partial charge in [0.2, 0.25) is 5.91 Å². The zero-order valence-electron chi connectivity index (χ0n) is 8.19. The van der Waals surface area contributed by atoms with Crippen molar-refractivity contribution in [3.8, 4) is 0 Å². The van der Waals surface area contributed by atoms with Gasteiger partial charge in [0.05, 0.1) is 18.4 Å². The van der Waals surface area contributed by atoms with Gasteiger partial charge in [0.25, 0.3) is 0 Å². The fourth-order valence-corrected chi connectivity index (χ4v) is 0.806. The number of carbonyl (C=O) groups excluding carboxylic acids is 1. The highest BCUT2D eigenvalue weighted by atomic mass is 16.2. The van der Waals surface area contributed by atoms with Gasteiger partial charge < -0.3 is 16.0 Å². The van der Waals surface area contributed by atoms with Gasteiger partial charge in [-0.05, 0) is 0 Å². The lowest BCUT2D eigenvalue weighted by atomic mass is 10.4. The van der Waals surface area contributed by atoms with E-state index in [0.717, 1.165) is 0 Å². The monoisotopic (exact) mass is 195 g/mol. The summed E-state index contributed by atoms with van der Waals surface area (Å²) >= 11 is 0. The summed E-state index contributed by atoms with van der Waals surface area (Å²) in [5.74, 6) is 0.443. The van der Waals surface area contributed by atoms with E-state index in [1.54, 1.807) is 14.1 Å². The molecule has 0 bridgehead atoms. The van der Waals surface area contributed by atoms with Crippen molar-refractivity contribution in [1.29, 1.82) is 0 Å². The molecule has 0 radical (unpaired) electrons. The van der Waals surface area contributed by atoms with Crippen LogP contribution < -0.4 is 11.1 Å². The molecular weight excluding hydrogens is 182 g/mol. The number of hydrogen-bond acceptors (Lipinski definition) is 5. The summed E-state index contributed by atoms with van der Waals surface area (Å²) in [6, 6.07) is 0. The van der Waals surface area contributed by atoms with Gasteiger partial charge in [-0.25, -0.2) is 9.97 Å². The number of nitrogen functional groups attached to an aromatic ring is 1. The van der Waals surface area contributed by atoms with Crippen LogP contribution >= 0.6 is 0 Å². The van der Waals surface area contributed by atoms with Crippen molar-refractivity contribution in [2.45, 2.75) is 0 Å². The predicted octanol–water partition coefficient (Wildman–Crippen LogP) is -0.441. The number of nitrogens with one attached hydrogen (secondary N) is 1. The molecule has 0 unspecified atom stereocenters. The lowest BCUT2D eigenvalue weighted by Gasteiger charge is -2.11. The summed E-state index contributed by atoms with van der Waals surface area (Å²) in [6.07, 6.45) is 2.86. The molecule has 1 aromatic rings. The van der Waals surface area contributed by atoms with Crippen LogP contribution in [0.25, 0.3) is 0 Å². The van der Waals surface area contributed by atoms with Gasteiger partial charge in [-0.2, -0.15) is 0 Å². The molecule has 0 aliphatic rings. The Labute approximate surface area is 82.1 Å². The van der Waals surface area contributed by atoms with Crippen LogP contribution in [0, 0.1) is 0 Å². The van der Waals surface area contributed by atoms with E-state index >= 15 is 0 Å². The van der Waals surface area contributed by atoms with Crippen LogP contribution in [0.3, 0.4) is 0 Å². The molecule has 0 saturated heterocycles. The van der Waals surface area contributed by atoms with Gasteiger partial charge in [-0.1, -0.05) is 0 Å². The first-order valence-electron chi connectivity index (χ1n) is 4.10. The second kappa shape index (κ2) is 4.40. The molecule has 3 N–H and O–H groups in total. The van der Waals surface area contributed by atoms with Crippen molar-refractivity contribution in [3.05, 3.63) is 12.5 Å². The Morgan fingerprint density at radius 3 is 2.93 bits per heavy atom. The average molecular weight is 195 g/mol. The van der Waals surface area contributed by atoms with Gasteiger partial charge in [0.15, 0.2) is 5.82 Å². The van der Waals surface area contributed by atoms with E-state index in [1.165, 1.54) is 17.4 Å². The number of aromatic nitrogens is 2. The molecule has 0 saturated carbocycles. The molecule has 1 aromatic heterocycles. The molecular formula is C8H13N5O. The van der Waals surface area contributed by atoms with Crippen LogP contribution in [0.15, 0.2) is 12.5 Å². The molecule has 1 heterocycles. The Morgan fingerprint density at radius 2 is 2.36 bits per heavy atom. The summed E-state index contributed by atoms with van der Waals surface area (Å²) in [5, 5.41) is 2.83. The second-order valence-electron chi connectivity index (χ2n) is 2.97. The van der Waals surface area contributed by atoms with E-state index in [4.69, 9.17) is 5.73 Å². The quantitative estimate of drug-likeness (QED) is 0.683. The Bertz CT molecular complexity index is 325. The Hall–Kier alpha value is -1.85. The van der Waals surface area contributed by atoms with Gasteiger partial charge in [-0.15, -0.1) is 0 Å². The van der Waals surface area contributed by atoms with Gasteiger partial charge in [0, 0.05) is 14.1 Å². The number of anilines is 2. The van der Waals surface area contributed by atoms with Crippen molar-refractivity contribution in [2.75, 3.05) is 31.7 Å². The molecule has 0 atom stereocenters. The van der Waals surface area contributed by atoms with E-state index in [1.807, 2.05) is 0 Å². The van der Waals surface area contributed by atoms with Gasteiger partial charge in [0.1, 0.15) is 6.33 Å². The number of nitrogens with two attached hydrogens (primary N) is 1. The van der Waals surface area contributed by atoms with Crippen molar-refractivity contribution >= 4 is 17.4 Å². The van der Waals surface area contributed by atoms with Gasteiger partial charge in [-0.3, -0.25) is 4.79 Å². The molecule has 0 spiro atoms. The first kappa shape index (κ1) is 10.2. The lowest BCUT2D eigenvalue weighted by Crippen LogP contribution is -2.29. The third-order valence-corrected chi connectivity index (χ3v) is 1.65. The first-order valence-corrected chi connectivity index (χ1v) is 4.10. The summed E-state index contributed by atoms with van der Waals surface area (Å²) in [6.45, 7) is 0.175. The van der Waals surface area contributed by atoms with E-state index in [0.29, 0.717) is 11.5 Å². The highest BCUT2D eigenvalue weighted by Crippen LogP contribution is 2.10. The minimum Gasteiger partial charge on any atom is -0.394 e. The molecule has 0 aromatic carbocycles. The summed E-state index contributed by atoms with van der Waals surface area (Å²) in [7, 11) is 3.38. The van der Waals surface area contributed by atoms with Crippen LogP contribution in [-0.4, -0.2) is 41.4 Å². The summed E-state index contributed by atoms with van der Waals surface area (Å²) in [5.41, 5.74) is 6.00. The molecule has 0 fully saturated rings. The standard InChI is InChI=1S/C8H13N5O/c1-13(2)7(14)4-11-8-6(9)3-10-5-12-8/h3,5H,4,9H2,1-2H3,(H,10,11,12). The zero-order chi connectivity index (χ0) is 10.6. The molecule has 76 valence electrons. The number of carbonyl (C=O) groups is 1. The van der Waals surface area contributed by atoms with Crippen LogP contribution in [0.1, 0.15) is 0 Å². The van der Waals surface area contributed by atoms with Crippen molar-refractivity contribution in [1.82, 2.24) is 14.9 Å². The second-order valence-corrected chi connectivity index (χ2v) is 2.97. The van der Waals surface area contributed by atoms with Gasteiger partial charge >= 0.3 is 0 Å². The third kappa shape index (κ3) is 2.58. The molecule has 1 rings (SSSR count). The number of amides is 1.